The first-order valence-electron chi connectivity index (χ1n) is 11.4. The highest BCUT2D eigenvalue weighted by Gasteiger charge is 2.27. The highest BCUT2D eigenvalue weighted by Crippen LogP contribution is 2.31. The fraction of sp³-hybridized carbons (Fsp3) is 0.259. The van der Waals surface area contributed by atoms with Crippen molar-refractivity contribution in [1.29, 1.82) is 0 Å². The Bertz CT molecular complexity index is 1230. The number of likely N-dealkylation sites (tertiary alicyclic amines) is 1. The average molecular weight is 439 g/mol. The van der Waals surface area contributed by atoms with E-state index in [1.165, 1.54) is 0 Å². The van der Waals surface area contributed by atoms with Gasteiger partial charge in [-0.05, 0) is 73.9 Å². The molecule has 33 heavy (non-hydrogen) atoms. The molecule has 5 rings (SSSR count). The third-order valence-electron chi connectivity index (χ3n) is 6.17. The van der Waals surface area contributed by atoms with Gasteiger partial charge >= 0.3 is 0 Å². The Balaban J connectivity index is 1.37. The number of pyridine rings is 1. The normalized spacial score (nSPS) is 16.4. The molecule has 0 aliphatic carbocycles. The predicted molar refractivity (Wildman–Crippen MR) is 126 cm³/mol. The first-order chi connectivity index (χ1) is 16.2. The molecule has 1 aliphatic rings. The van der Waals surface area contributed by atoms with Gasteiger partial charge in [-0.1, -0.05) is 30.5 Å². The van der Waals surface area contributed by atoms with Gasteiger partial charge in [0.15, 0.2) is 0 Å². The summed E-state index contributed by atoms with van der Waals surface area (Å²) < 4.78 is 5.90. The van der Waals surface area contributed by atoms with Crippen molar-refractivity contribution in [3.8, 4) is 22.9 Å². The molecule has 1 unspecified atom stereocenters. The SMILES string of the molecule is Cc1cccc(-c2nnc(-c3ccc(C(=O)N4CCCCCC4c4ccncc4)cc3)o2)c1. The van der Waals surface area contributed by atoms with E-state index in [4.69, 9.17) is 4.42 Å². The summed E-state index contributed by atoms with van der Waals surface area (Å²) in [4.78, 5) is 19.6. The van der Waals surface area contributed by atoms with Crippen molar-refractivity contribution in [3.63, 3.8) is 0 Å². The summed E-state index contributed by atoms with van der Waals surface area (Å²) in [5.74, 6) is 0.977. The maximum Gasteiger partial charge on any atom is 0.254 e. The van der Waals surface area contributed by atoms with Crippen LogP contribution >= 0.6 is 0 Å². The molecule has 6 heteroatoms. The molecule has 3 heterocycles. The maximum absolute atomic E-state index is 13.5. The zero-order valence-electron chi connectivity index (χ0n) is 18.6. The number of amides is 1. The lowest BCUT2D eigenvalue weighted by Crippen LogP contribution is -2.34. The van der Waals surface area contributed by atoms with Crippen molar-refractivity contribution in [3.05, 3.63) is 89.7 Å². The van der Waals surface area contributed by atoms with Gasteiger partial charge in [0.25, 0.3) is 5.91 Å². The fourth-order valence-electron chi connectivity index (χ4n) is 4.44. The largest absolute Gasteiger partial charge is 0.416 e. The van der Waals surface area contributed by atoms with Crippen LogP contribution in [-0.2, 0) is 0 Å². The number of nitrogens with zero attached hydrogens (tertiary/aromatic N) is 4. The predicted octanol–water partition coefficient (Wildman–Crippen LogP) is 5.86. The van der Waals surface area contributed by atoms with Gasteiger partial charge in [-0.15, -0.1) is 10.2 Å². The van der Waals surface area contributed by atoms with E-state index in [1.54, 1.807) is 12.4 Å². The van der Waals surface area contributed by atoms with Gasteiger partial charge in [0.05, 0.1) is 6.04 Å². The minimum atomic E-state index is 0.0521. The van der Waals surface area contributed by atoms with Gasteiger partial charge in [-0.3, -0.25) is 9.78 Å². The first kappa shape index (κ1) is 21.1. The van der Waals surface area contributed by atoms with Gasteiger partial charge in [0.2, 0.25) is 11.8 Å². The lowest BCUT2D eigenvalue weighted by atomic mass is 10.0. The van der Waals surface area contributed by atoms with Crippen LogP contribution in [0.3, 0.4) is 0 Å². The Morgan fingerprint density at radius 1 is 0.909 bits per heavy atom. The molecule has 1 atom stereocenters. The number of aryl methyl sites for hydroxylation is 1. The molecule has 0 bridgehead atoms. The molecular weight excluding hydrogens is 412 g/mol. The standard InChI is InChI=1S/C27H26N4O2/c1-19-6-5-7-23(18-19)26-30-29-25(33-26)21-9-11-22(12-10-21)27(32)31-17-4-2-3-8-24(31)20-13-15-28-16-14-20/h5-7,9-16,18,24H,2-4,8,17H2,1H3. The Morgan fingerprint density at radius 2 is 1.67 bits per heavy atom. The quantitative estimate of drug-likeness (QED) is 0.399. The minimum Gasteiger partial charge on any atom is -0.416 e. The van der Waals surface area contributed by atoms with E-state index in [-0.39, 0.29) is 11.9 Å². The van der Waals surface area contributed by atoms with Crippen LogP contribution in [0.15, 0.2) is 77.5 Å². The summed E-state index contributed by atoms with van der Waals surface area (Å²) in [7, 11) is 0. The highest BCUT2D eigenvalue weighted by atomic mass is 16.4. The topological polar surface area (TPSA) is 72.1 Å². The van der Waals surface area contributed by atoms with Crippen molar-refractivity contribution in [2.45, 2.75) is 38.6 Å². The molecule has 1 aliphatic heterocycles. The molecule has 1 amide bonds. The lowest BCUT2D eigenvalue weighted by molar-refractivity contribution is 0.0681. The summed E-state index contributed by atoms with van der Waals surface area (Å²) in [6.07, 6.45) is 7.85. The fourth-order valence-corrected chi connectivity index (χ4v) is 4.44. The van der Waals surface area contributed by atoms with E-state index in [0.29, 0.717) is 17.3 Å². The molecule has 0 saturated carbocycles. The van der Waals surface area contributed by atoms with Crippen LogP contribution in [-0.4, -0.2) is 32.5 Å². The molecule has 0 spiro atoms. The summed E-state index contributed by atoms with van der Waals surface area (Å²) in [6.45, 7) is 2.79. The number of carbonyl (C=O) groups excluding carboxylic acids is 1. The second-order valence-electron chi connectivity index (χ2n) is 8.50. The summed E-state index contributed by atoms with van der Waals surface area (Å²) in [5, 5.41) is 8.39. The number of hydrogen-bond acceptors (Lipinski definition) is 5. The molecule has 166 valence electrons. The van der Waals surface area contributed by atoms with Crippen LogP contribution < -0.4 is 0 Å². The molecule has 0 radical (unpaired) electrons. The summed E-state index contributed by atoms with van der Waals surface area (Å²) >= 11 is 0. The smallest absolute Gasteiger partial charge is 0.254 e. The minimum absolute atomic E-state index is 0.0521. The summed E-state index contributed by atoms with van der Waals surface area (Å²) in [5.41, 5.74) is 4.63. The molecule has 6 nitrogen and oxygen atoms in total. The van der Waals surface area contributed by atoms with Crippen molar-refractivity contribution in [2.24, 2.45) is 0 Å². The van der Waals surface area contributed by atoms with E-state index < -0.39 is 0 Å². The summed E-state index contributed by atoms with van der Waals surface area (Å²) in [6, 6.07) is 19.5. The van der Waals surface area contributed by atoms with Crippen LogP contribution in [0.1, 0.15) is 53.2 Å². The van der Waals surface area contributed by atoms with Gasteiger partial charge in [-0.2, -0.15) is 0 Å². The third-order valence-corrected chi connectivity index (χ3v) is 6.17. The van der Waals surface area contributed by atoms with Crippen LogP contribution in [0.2, 0.25) is 0 Å². The Hall–Kier alpha value is -3.80. The van der Waals surface area contributed by atoms with Gasteiger partial charge in [0, 0.05) is 35.6 Å². The van der Waals surface area contributed by atoms with Gasteiger partial charge in [-0.25, -0.2) is 0 Å². The van der Waals surface area contributed by atoms with E-state index in [9.17, 15) is 4.79 Å². The molecule has 4 aromatic rings. The van der Waals surface area contributed by atoms with Crippen LogP contribution in [0.5, 0.6) is 0 Å². The lowest BCUT2D eigenvalue weighted by Gasteiger charge is -2.30. The van der Waals surface area contributed by atoms with E-state index in [0.717, 1.165) is 54.5 Å². The maximum atomic E-state index is 13.5. The number of hydrogen-bond donors (Lipinski definition) is 0. The van der Waals surface area contributed by atoms with Crippen molar-refractivity contribution in [1.82, 2.24) is 20.1 Å². The molecule has 2 aromatic carbocycles. The second-order valence-corrected chi connectivity index (χ2v) is 8.50. The van der Waals surface area contributed by atoms with Gasteiger partial charge < -0.3 is 9.32 Å². The van der Waals surface area contributed by atoms with E-state index in [2.05, 4.69) is 15.2 Å². The monoisotopic (exact) mass is 438 g/mol. The van der Waals surface area contributed by atoms with Crippen LogP contribution in [0.25, 0.3) is 22.9 Å². The Morgan fingerprint density at radius 3 is 2.42 bits per heavy atom. The molecular formula is C27H26N4O2. The Kier molecular flexibility index (Phi) is 5.98. The zero-order valence-corrected chi connectivity index (χ0v) is 18.6. The molecule has 2 aromatic heterocycles. The molecule has 1 saturated heterocycles. The van der Waals surface area contributed by atoms with Crippen molar-refractivity contribution < 1.29 is 9.21 Å². The first-order valence-corrected chi connectivity index (χ1v) is 11.4. The van der Waals surface area contributed by atoms with Crippen LogP contribution in [0.4, 0.5) is 0 Å². The van der Waals surface area contributed by atoms with E-state index >= 15 is 0 Å². The second kappa shape index (κ2) is 9.36. The number of carbonyl (C=O) groups is 1. The highest BCUT2D eigenvalue weighted by molar-refractivity contribution is 5.95. The average Bonchev–Trinajstić information content (AvgIpc) is 3.22. The molecule has 0 N–H and O–H groups in total. The Labute approximate surface area is 193 Å². The zero-order chi connectivity index (χ0) is 22.6. The number of aromatic nitrogens is 3. The van der Waals surface area contributed by atoms with Crippen LogP contribution in [0, 0.1) is 6.92 Å². The third kappa shape index (κ3) is 4.55. The van der Waals surface area contributed by atoms with Crippen molar-refractivity contribution in [2.75, 3.05) is 6.54 Å². The van der Waals surface area contributed by atoms with Gasteiger partial charge in [0.1, 0.15) is 0 Å². The molecule has 1 fully saturated rings. The number of rotatable bonds is 4. The van der Waals surface area contributed by atoms with E-state index in [1.807, 2.05) is 72.5 Å². The number of benzene rings is 2. The van der Waals surface area contributed by atoms with Crippen molar-refractivity contribution >= 4 is 5.91 Å².